The Bertz CT molecular complexity index is 458. The molecular weight excluding hydrogens is 218 g/mol. The molecular formula is C13H15NO3. The first-order chi connectivity index (χ1) is 8.22. The predicted octanol–water partition coefficient (Wildman–Crippen LogP) is 2.51. The second-order valence-corrected chi connectivity index (χ2v) is 4.32. The van der Waals surface area contributed by atoms with Crippen molar-refractivity contribution in [1.82, 2.24) is 0 Å². The van der Waals surface area contributed by atoms with Gasteiger partial charge in [-0.15, -0.1) is 0 Å². The van der Waals surface area contributed by atoms with Crippen LogP contribution in [0.1, 0.15) is 31.2 Å². The van der Waals surface area contributed by atoms with Gasteiger partial charge in [0.15, 0.2) is 0 Å². The van der Waals surface area contributed by atoms with Crippen molar-refractivity contribution in [1.29, 1.82) is 0 Å². The number of phenols is 1. The molecule has 0 spiro atoms. The zero-order chi connectivity index (χ0) is 12.3. The largest absolute Gasteiger partial charge is 0.507 e. The van der Waals surface area contributed by atoms with Crippen molar-refractivity contribution in [3.05, 3.63) is 23.8 Å². The van der Waals surface area contributed by atoms with Crippen molar-refractivity contribution in [3.8, 4) is 11.5 Å². The van der Waals surface area contributed by atoms with Crippen LogP contribution >= 0.6 is 0 Å². The molecule has 1 aliphatic carbocycles. The first-order valence-electron chi connectivity index (χ1n) is 5.68. The summed E-state index contributed by atoms with van der Waals surface area (Å²) in [5.41, 5.74) is 0.108. The molecule has 1 aromatic carbocycles. The summed E-state index contributed by atoms with van der Waals surface area (Å²) in [6.07, 6.45) is 5.22. The summed E-state index contributed by atoms with van der Waals surface area (Å²) in [6, 6.07) is 5.10. The van der Waals surface area contributed by atoms with Crippen LogP contribution in [-0.4, -0.2) is 18.3 Å². The summed E-state index contributed by atoms with van der Waals surface area (Å²) < 4.78 is 5.04. The Morgan fingerprint density at radius 2 is 2.12 bits per heavy atom. The minimum atomic E-state index is -0.585. The summed E-state index contributed by atoms with van der Waals surface area (Å²) in [7, 11) is 1.54. The smallest absolute Gasteiger partial charge is 0.235 e. The van der Waals surface area contributed by atoms with Crippen molar-refractivity contribution in [2.45, 2.75) is 31.2 Å². The van der Waals surface area contributed by atoms with Gasteiger partial charge < -0.3 is 9.84 Å². The number of isocyanates is 1. The topological polar surface area (TPSA) is 58.9 Å². The molecule has 0 saturated heterocycles. The molecule has 1 aliphatic rings. The van der Waals surface area contributed by atoms with Gasteiger partial charge in [0.2, 0.25) is 6.08 Å². The fraction of sp³-hybridized carbons (Fsp3) is 0.462. The van der Waals surface area contributed by atoms with Gasteiger partial charge >= 0.3 is 0 Å². The number of hydrogen-bond donors (Lipinski definition) is 1. The Morgan fingerprint density at radius 1 is 1.41 bits per heavy atom. The van der Waals surface area contributed by atoms with Gasteiger partial charge in [-0.2, -0.15) is 4.99 Å². The third-order valence-corrected chi connectivity index (χ3v) is 3.40. The minimum Gasteiger partial charge on any atom is -0.507 e. The molecule has 0 unspecified atom stereocenters. The number of phenolic OH excluding ortho intramolecular Hbond substituents is 1. The van der Waals surface area contributed by atoms with Gasteiger partial charge in [0.1, 0.15) is 17.0 Å². The number of carbonyl (C=O) groups excluding carboxylic acids is 1. The molecule has 1 fully saturated rings. The molecule has 0 bridgehead atoms. The van der Waals surface area contributed by atoms with Crippen molar-refractivity contribution in [2.24, 2.45) is 4.99 Å². The molecule has 0 aliphatic heterocycles. The number of aromatic hydroxyl groups is 1. The molecule has 1 aromatic rings. The lowest BCUT2D eigenvalue weighted by Crippen LogP contribution is -2.19. The van der Waals surface area contributed by atoms with E-state index in [-0.39, 0.29) is 5.75 Å². The molecule has 90 valence electrons. The van der Waals surface area contributed by atoms with Crippen LogP contribution < -0.4 is 4.74 Å². The number of methoxy groups -OCH3 is 1. The van der Waals surface area contributed by atoms with Gasteiger partial charge in [-0.05, 0) is 25.0 Å². The normalized spacial score (nSPS) is 17.5. The van der Waals surface area contributed by atoms with E-state index in [0.717, 1.165) is 25.7 Å². The standard InChI is InChI=1S/C13H15NO3/c1-17-10-4-5-11(12(16)8-10)13(14-9-15)6-2-3-7-13/h4-5,8,16H,2-3,6-7H2,1H3. The van der Waals surface area contributed by atoms with Crippen molar-refractivity contribution < 1.29 is 14.6 Å². The van der Waals surface area contributed by atoms with Crippen LogP contribution in [0, 0.1) is 0 Å². The highest BCUT2D eigenvalue weighted by atomic mass is 16.5. The highest BCUT2D eigenvalue weighted by Gasteiger charge is 2.37. The third-order valence-electron chi connectivity index (χ3n) is 3.40. The fourth-order valence-electron chi connectivity index (χ4n) is 2.52. The number of nitrogens with zero attached hydrogens (tertiary/aromatic N) is 1. The van der Waals surface area contributed by atoms with Crippen molar-refractivity contribution >= 4 is 6.08 Å². The number of benzene rings is 1. The zero-order valence-electron chi connectivity index (χ0n) is 9.77. The molecule has 0 aromatic heterocycles. The number of aliphatic imine (C=N–C) groups is 1. The maximum atomic E-state index is 10.6. The molecule has 2 rings (SSSR count). The number of hydrogen-bond acceptors (Lipinski definition) is 4. The van der Waals surface area contributed by atoms with Crippen LogP contribution in [0.25, 0.3) is 0 Å². The van der Waals surface area contributed by atoms with E-state index in [1.807, 2.05) is 0 Å². The van der Waals surface area contributed by atoms with Crippen LogP contribution in [0.3, 0.4) is 0 Å². The molecule has 0 radical (unpaired) electrons. The van der Waals surface area contributed by atoms with E-state index < -0.39 is 5.54 Å². The van der Waals surface area contributed by atoms with Gasteiger partial charge in [0.25, 0.3) is 0 Å². The predicted molar refractivity (Wildman–Crippen MR) is 62.9 cm³/mol. The second-order valence-electron chi connectivity index (χ2n) is 4.32. The average molecular weight is 233 g/mol. The molecule has 1 saturated carbocycles. The molecule has 0 heterocycles. The quantitative estimate of drug-likeness (QED) is 0.644. The monoisotopic (exact) mass is 233 g/mol. The highest BCUT2D eigenvalue weighted by Crippen LogP contribution is 2.46. The summed E-state index contributed by atoms with van der Waals surface area (Å²) in [5, 5.41) is 10.0. The van der Waals surface area contributed by atoms with Crippen molar-refractivity contribution in [3.63, 3.8) is 0 Å². The Labute approximate surface area is 99.9 Å². The second kappa shape index (κ2) is 4.60. The number of ether oxygens (including phenoxy) is 1. The van der Waals surface area contributed by atoms with Crippen LogP contribution in [0.15, 0.2) is 23.2 Å². The molecule has 4 nitrogen and oxygen atoms in total. The van der Waals surface area contributed by atoms with E-state index >= 15 is 0 Å². The summed E-state index contributed by atoms with van der Waals surface area (Å²) in [4.78, 5) is 14.5. The molecule has 0 amide bonds. The minimum absolute atomic E-state index is 0.130. The first-order valence-corrected chi connectivity index (χ1v) is 5.68. The van der Waals surface area contributed by atoms with E-state index in [4.69, 9.17) is 4.74 Å². The lowest BCUT2D eigenvalue weighted by Gasteiger charge is -2.23. The fourth-order valence-corrected chi connectivity index (χ4v) is 2.52. The van der Waals surface area contributed by atoms with Gasteiger partial charge in [0, 0.05) is 11.6 Å². The van der Waals surface area contributed by atoms with Crippen LogP contribution in [0.5, 0.6) is 11.5 Å². The van der Waals surface area contributed by atoms with Crippen LogP contribution in [0.2, 0.25) is 0 Å². The van der Waals surface area contributed by atoms with Gasteiger partial charge in [-0.1, -0.05) is 12.8 Å². The van der Waals surface area contributed by atoms with E-state index in [1.165, 1.54) is 0 Å². The average Bonchev–Trinajstić information content (AvgIpc) is 2.79. The lowest BCUT2D eigenvalue weighted by molar-refractivity contribution is 0.391. The summed E-state index contributed by atoms with van der Waals surface area (Å²) in [6.45, 7) is 0. The summed E-state index contributed by atoms with van der Waals surface area (Å²) >= 11 is 0. The van der Waals surface area contributed by atoms with E-state index in [9.17, 15) is 9.90 Å². The lowest BCUT2D eigenvalue weighted by atomic mass is 9.88. The third kappa shape index (κ3) is 2.04. The molecule has 17 heavy (non-hydrogen) atoms. The zero-order valence-corrected chi connectivity index (χ0v) is 9.77. The van der Waals surface area contributed by atoms with E-state index in [2.05, 4.69) is 4.99 Å². The van der Waals surface area contributed by atoms with E-state index in [1.54, 1.807) is 31.4 Å². The van der Waals surface area contributed by atoms with Crippen molar-refractivity contribution in [2.75, 3.05) is 7.11 Å². The first kappa shape index (κ1) is 11.7. The molecule has 4 heteroatoms. The van der Waals surface area contributed by atoms with Gasteiger partial charge in [0.05, 0.1) is 7.11 Å². The Balaban J connectivity index is 2.47. The van der Waals surface area contributed by atoms with E-state index in [0.29, 0.717) is 11.3 Å². The maximum absolute atomic E-state index is 10.6. The Hall–Kier alpha value is -1.80. The van der Waals surface area contributed by atoms with Crippen LogP contribution in [-0.2, 0) is 10.3 Å². The molecule has 0 atom stereocenters. The SMILES string of the molecule is COc1ccc(C2(N=C=O)CCCC2)c(O)c1. The Kier molecular flexibility index (Phi) is 3.16. The Morgan fingerprint density at radius 3 is 2.65 bits per heavy atom. The maximum Gasteiger partial charge on any atom is 0.235 e. The van der Waals surface area contributed by atoms with Gasteiger partial charge in [-0.25, -0.2) is 4.79 Å². The highest BCUT2D eigenvalue weighted by molar-refractivity contribution is 5.47. The summed E-state index contributed by atoms with van der Waals surface area (Å²) in [5.74, 6) is 0.722. The molecule has 1 N–H and O–H groups in total. The number of rotatable bonds is 3. The van der Waals surface area contributed by atoms with Gasteiger partial charge in [-0.3, -0.25) is 0 Å². The van der Waals surface area contributed by atoms with Crippen LogP contribution in [0.4, 0.5) is 0 Å².